The van der Waals surface area contributed by atoms with Crippen molar-refractivity contribution >= 4 is 5.78 Å². The number of hydrogen-bond acceptors (Lipinski definition) is 3. The standard InChI is InChI=1S/C13H14N2O2/c1-10(16)11-3-5-13(6-4-11)17-8-12-7-14-9-15(12)2/h3-7,9H,8H2,1-2H3. The zero-order chi connectivity index (χ0) is 12.3. The third-order valence-electron chi connectivity index (χ3n) is 2.56. The lowest BCUT2D eigenvalue weighted by Crippen LogP contribution is -2.01. The van der Waals surface area contributed by atoms with E-state index in [0.717, 1.165) is 11.4 Å². The van der Waals surface area contributed by atoms with Crippen LogP contribution in [0.25, 0.3) is 0 Å². The Kier molecular flexibility index (Phi) is 3.23. The Morgan fingerprint density at radius 3 is 2.59 bits per heavy atom. The van der Waals surface area contributed by atoms with Gasteiger partial charge in [0, 0.05) is 12.6 Å². The van der Waals surface area contributed by atoms with E-state index in [1.807, 2.05) is 11.6 Å². The largest absolute Gasteiger partial charge is 0.487 e. The molecule has 0 saturated carbocycles. The summed E-state index contributed by atoms with van der Waals surface area (Å²) in [6.07, 6.45) is 3.50. The number of hydrogen-bond donors (Lipinski definition) is 0. The molecule has 0 N–H and O–H groups in total. The van der Waals surface area contributed by atoms with Gasteiger partial charge in [-0.2, -0.15) is 0 Å². The van der Waals surface area contributed by atoms with Gasteiger partial charge in [-0.05, 0) is 31.2 Å². The van der Waals surface area contributed by atoms with Crippen LogP contribution in [-0.4, -0.2) is 15.3 Å². The summed E-state index contributed by atoms with van der Waals surface area (Å²) in [5.41, 5.74) is 1.69. The summed E-state index contributed by atoms with van der Waals surface area (Å²) in [6, 6.07) is 7.13. The minimum Gasteiger partial charge on any atom is -0.487 e. The van der Waals surface area contributed by atoms with Crippen molar-refractivity contribution in [2.75, 3.05) is 0 Å². The molecule has 4 heteroatoms. The third kappa shape index (κ3) is 2.72. The molecule has 1 aromatic carbocycles. The Labute approximate surface area is 99.9 Å². The summed E-state index contributed by atoms with van der Waals surface area (Å²) in [4.78, 5) is 15.1. The first-order valence-electron chi connectivity index (χ1n) is 5.36. The van der Waals surface area contributed by atoms with Crippen molar-refractivity contribution in [1.29, 1.82) is 0 Å². The number of ether oxygens (including phenoxy) is 1. The quantitative estimate of drug-likeness (QED) is 0.756. The van der Waals surface area contributed by atoms with Crippen LogP contribution in [0.1, 0.15) is 23.0 Å². The van der Waals surface area contributed by atoms with Crippen LogP contribution in [0.4, 0.5) is 0 Å². The second kappa shape index (κ2) is 4.82. The fourth-order valence-corrected chi connectivity index (χ4v) is 1.47. The highest BCUT2D eigenvalue weighted by atomic mass is 16.5. The van der Waals surface area contributed by atoms with E-state index < -0.39 is 0 Å². The lowest BCUT2D eigenvalue weighted by molar-refractivity contribution is 0.101. The van der Waals surface area contributed by atoms with Gasteiger partial charge in [0.2, 0.25) is 0 Å². The second-order valence-corrected chi connectivity index (χ2v) is 3.87. The molecule has 0 amide bonds. The average molecular weight is 230 g/mol. The number of nitrogens with zero attached hydrogens (tertiary/aromatic N) is 2. The fraction of sp³-hybridized carbons (Fsp3) is 0.231. The van der Waals surface area contributed by atoms with E-state index in [1.165, 1.54) is 0 Å². The van der Waals surface area contributed by atoms with E-state index in [4.69, 9.17) is 4.74 Å². The molecule has 1 aromatic heterocycles. The van der Waals surface area contributed by atoms with Crippen LogP contribution in [0.5, 0.6) is 5.75 Å². The van der Waals surface area contributed by atoms with Gasteiger partial charge in [-0.15, -0.1) is 0 Å². The fourth-order valence-electron chi connectivity index (χ4n) is 1.47. The predicted octanol–water partition coefficient (Wildman–Crippen LogP) is 2.20. The number of aryl methyl sites for hydroxylation is 1. The molecule has 17 heavy (non-hydrogen) atoms. The van der Waals surface area contributed by atoms with Gasteiger partial charge in [0.1, 0.15) is 12.4 Å². The normalized spacial score (nSPS) is 10.2. The van der Waals surface area contributed by atoms with E-state index >= 15 is 0 Å². The number of aromatic nitrogens is 2. The molecule has 88 valence electrons. The number of imidazole rings is 1. The monoisotopic (exact) mass is 230 g/mol. The highest BCUT2D eigenvalue weighted by Crippen LogP contribution is 2.14. The molecule has 0 aliphatic carbocycles. The van der Waals surface area contributed by atoms with Crippen LogP contribution < -0.4 is 4.74 Å². The Bertz CT molecular complexity index is 514. The van der Waals surface area contributed by atoms with Gasteiger partial charge in [-0.25, -0.2) is 4.98 Å². The molecule has 0 aliphatic rings. The number of ketones is 1. The Hall–Kier alpha value is -2.10. The van der Waals surface area contributed by atoms with Gasteiger partial charge in [-0.3, -0.25) is 4.79 Å². The van der Waals surface area contributed by atoms with E-state index in [2.05, 4.69) is 4.98 Å². The molecule has 2 rings (SSSR count). The summed E-state index contributed by atoms with van der Waals surface area (Å²) >= 11 is 0. The topological polar surface area (TPSA) is 44.1 Å². The van der Waals surface area contributed by atoms with Crippen molar-refractivity contribution in [3.8, 4) is 5.75 Å². The second-order valence-electron chi connectivity index (χ2n) is 3.87. The molecule has 0 radical (unpaired) electrons. The highest BCUT2D eigenvalue weighted by molar-refractivity contribution is 5.94. The SMILES string of the molecule is CC(=O)c1ccc(OCc2cncn2C)cc1. The molecule has 0 unspecified atom stereocenters. The van der Waals surface area contributed by atoms with Gasteiger partial charge < -0.3 is 9.30 Å². The number of benzene rings is 1. The lowest BCUT2D eigenvalue weighted by atomic mass is 10.1. The molecular weight excluding hydrogens is 216 g/mol. The molecule has 0 bridgehead atoms. The summed E-state index contributed by atoms with van der Waals surface area (Å²) in [5.74, 6) is 0.805. The Balaban J connectivity index is 2.00. The Morgan fingerprint density at radius 1 is 1.35 bits per heavy atom. The van der Waals surface area contributed by atoms with Crippen LogP contribution in [0.2, 0.25) is 0 Å². The zero-order valence-electron chi connectivity index (χ0n) is 9.88. The predicted molar refractivity (Wildman–Crippen MR) is 64.0 cm³/mol. The maximum atomic E-state index is 11.1. The number of Topliss-reactive ketones (excluding diaryl/α,β-unsaturated/α-hetero) is 1. The van der Waals surface area contributed by atoms with Crippen LogP contribution in [0.15, 0.2) is 36.8 Å². The van der Waals surface area contributed by atoms with E-state index in [-0.39, 0.29) is 5.78 Å². The Morgan fingerprint density at radius 2 is 2.06 bits per heavy atom. The molecule has 4 nitrogen and oxygen atoms in total. The van der Waals surface area contributed by atoms with E-state index in [0.29, 0.717) is 12.2 Å². The van der Waals surface area contributed by atoms with Gasteiger partial charge in [0.25, 0.3) is 0 Å². The molecule has 2 aromatic rings. The van der Waals surface area contributed by atoms with Crippen molar-refractivity contribution < 1.29 is 9.53 Å². The molecule has 0 fully saturated rings. The van der Waals surface area contributed by atoms with Crippen LogP contribution in [0.3, 0.4) is 0 Å². The van der Waals surface area contributed by atoms with Crippen molar-refractivity contribution in [1.82, 2.24) is 9.55 Å². The van der Waals surface area contributed by atoms with Crippen molar-refractivity contribution in [3.05, 3.63) is 48.0 Å². The van der Waals surface area contributed by atoms with Crippen molar-refractivity contribution in [3.63, 3.8) is 0 Å². The third-order valence-corrected chi connectivity index (χ3v) is 2.56. The van der Waals surface area contributed by atoms with Gasteiger partial charge in [0.15, 0.2) is 5.78 Å². The zero-order valence-corrected chi connectivity index (χ0v) is 9.88. The summed E-state index contributed by atoms with van der Waals surface area (Å²) < 4.78 is 7.50. The maximum absolute atomic E-state index is 11.1. The van der Waals surface area contributed by atoms with Crippen molar-refractivity contribution in [2.24, 2.45) is 7.05 Å². The minimum atomic E-state index is 0.0585. The molecule has 0 saturated heterocycles. The van der Waals surface area contributed by atoms with Gasteiger partial charge in [0.05, 0.1) is 18.2 Å². The summed E-state index contributed by atoms with van der Waals surface area (Å²) in [6.45, 7) is 2.02. The molecule has 1 heterocycles. The van der Waals surface area contributed by atoms with Gasteiger partial charge >= 0.3 is 0 Å². The van der Waals surface area contributed by atoms with Gasteiger partial charge in [-0.1, -0.05) is 0 Å². The highest BCUT2D eigenvalue weighted by Gasteiger charge is 2.01. The molecular formula is C13H14N2O2. The van der Waals surface area contributed by atoms with Crippen molar-refractivity contribution in [2.45, 2.75) is 13.5 Å². The van der Waals surface area contributed by atoms with Crippen LogP contribution in [0, 0.1) is 0 Å². The number of rotatable bonds is 4. The maximum Gasteiger partial charge on any atom is 0.159 e. The summed E-state index contributed by atoms with van der Waals surface area (Å²) in [7, 11) is 1.92. The van der Waals surface area contributed by atoms with Crippen LogP contribution >= 0.6 is 0 Å². The average Bonchev–Trinajstić information content (AvgIpc) is 2.73. The first kappa shape index (κ1) is 11.4. The number of carbonyl (C=O) groups excluding carboxylic acids is 1. The van der Waals surface area contributed by atoms with Crippen LogP contribution in [-0.2, 0) is 13.7 Å². The smallest absolute Gasteiger partial charge is 0.159 e. The van der Waals surface area contributed by atoms with E-state index in [1.54, 1.807) is 43.7 Å². The molecule has 0 spiro atoms. The minimum absolute atomic E-state index is 0.0585. The number of carbonyl (C=O) groups is 1. The first-order valence-corrected chi connectivity index (χ1v) is 5.36. The molecule has 0 atom stereocenters. The lowest BCUT2D eigenvalue weighted by Gasteiger charge is -2.06. The molecule has 0 aliphatic heterocycles. The summed E-state index contributed by atoms with van der Waals surface area (Å²) in [5, 5.41) is 0. The first-order chi connectivity index (χ1) is 8.16. The van der Waals surface area contributed by atoms with E-state index in [9.17, 15) is 4.79 Å².